The summed E-state index contributed by atoms with van der Waals surface area (Å²) < 4.78 is 0. The van der Waals surface area contributed by atoms with E-state index in [9.17, 15) is 0 Å². The lowest BCUT2D eigenvalue weighted by Crippen LogP contribution is -2.14. The predicted octanol–water partition coefficient (Wildman–Crippen LogP) is 2.75. The number of nitrogens with two attached hydrogens (primary N) is 1. The van der Waals surface area contributed by atoms with Gasteiger partial charge in [0.05, 0.1) is 11.9 Å². The second-order valence-corrected chi connectivity index (χ2v) is 4.91. The van der Waals surface area contributed by atoms with Crippen LogP contribution in [0.15, 0.2) is 17.1 Å². The van der Waals surface area contributed by atoms with Gasteiger partial charge in [-0.2, -0.15) is 0 Å². The van der Waals surface area contributed by atoms with Crippen molar-refractivity contribution in [2.75, 3.05) is 0 Å². The van der Waals surface area contributed by atoms with Crippen molar-refractivity contribution in [1.29, 1.82) is 0 Å². The van der Waals surface area contributed by atoms with Crippen molar-refractivity contribution in [3.8, 4) is 0 Å². The zero-order chi connectivity index (χ0) is 10.6. The monoisotopic (exact) mass is 210 g/mol. The Morgan fingerprint density at radius 3 is 2.79 bits per heavy atom. The first kappa shape index (κ1) is 11.2. The van der Waals surface area contributed by atoms with Crippen LogP contribution < -0.4 is 5.73 Å². The Kier molecular flexibility index (Phi) is 4.14. The number of hydrogen-bond acceptors (Lipinski definition) is 2. The summed E-state index contributed by atoms with van der Waals surface area (Å²) in [5, 5.41) is 0. The van der Waals surface area contributed by atoms with E-state index < -0.39 is 0 Å². The smallest absolute Gasteiger partial charge is 0.0937 e. The molecule has 1 heterocycles. The standard InChI is InChI=1S/C11H18N2S/c1-4-11(12)13-8(2)7-10-6-5-9(3)14-10/h5-6,8H,4,7H2,1-3H3,(H2,12,13). The maximum atomic E-state index is 5.69. The minimum Gasteiger partial charge on any atom is -0.387 e. The Morgan fingerprint density at radius 1 is 1.57 bits per heavy atom. The van der Waals surface area contributed by atoms with Crippen LogP contribution in [0, 0.1) is 6.92 Å². The molecule has 2 nitrogen and oxygen atoms in total. The highest BCUT2D eigenvalue weighted by Crippen LogP contribution is 2.17. The Balaban J connectivity index is 2.53. The first-order chi connectivity index (χ1) is 6.61. The normalized spacial score (nSPS) is 14.4. The van der Waals surface area contributed by atoms with Crippen LogP contribution >= 0.6 is 11.3 Å². The molecule has 1 aromatic rings. The van der Waals surface area contributed by atoms with E-state index in [2.05, 4.69) is 31.0 Å². The van der Waals surface area contributed by atoms with Crippen LogP contribution in [0.1, 0.15) is 30.0 Å². The molecule has 1 atom stereocenters. The van der Waals surface area contributed by atoms with Gasteiger partial charge in [-0.05, 0) is 26.0 Å². The molecule has 1 unspecified atom stereocenters. The summed E-state index contributed by atoms with van der Waals surface area (Å²) in [6.07, 6.45) is 1.84. The highest BCUT2D eigenvalue weighted by atomic mass is 32.1. The maximum Gasteiger partial charge on any atom is 0.0937 e. The van der Waals surface area contributed by atoms with Gasteiger partial charge in [0.2, 0.25) is 0 Å². The van der Waals surface area contributed by atoms with E-state index in [-0.39, 0.29) is 0 Å². The summed E-state index contributed by atoms with van der Waals surface area (Å²) in [6, 6.07) is 4.63. The minimum absolute atomic E-state index is 0.299. The summed E-state index contributed by atoms with van der Waals surface area (Å²) in [4.78, 5) is 7.15. The number of nitrogens with zero attached hydrogens (tertiary/aromatic N) is 1. The Hall–Kier alpha value is -0.830. The average Bonchev–Trinajstić information content (AvgIpc) is 2.50. The Bertz CT molecular complexity index is 315. The quantitative estimate of drug-likeness (QED) is 0.602. The largest absolute Gasteiger partial charge is 0.387 e. The first-order valence-corrected chi connectivity index (χ1v) is 5.81. The third-order valence-electron chi connectivity index (χ3n) is 2.04. The molecule has 0 amide bonds. The molecule has 0 aliphatic carbocycles. The number of aliphatic imine (C=N–C) groups is 1. The van der Waals surface area contributed by atoms with E-state index in [1.165, 1.54) is 9.75 Å². The van der Waals surface area contributed by atoms with Crippen LogP contribution in [-0.4, -0.2) is 11.9 Å². The van der Waals surface area contributed by atoms with Gasteiger partial charge in [0.15, 0.2) is 0 Å². The molecule has 0 spiro atoms. The molecule has 0 aliphatic heterocycles. The van der Waals surface area contributed by atoms with Crippen LogP contribution in [0.4, 0.5) is 0 Å². The second kappa shape index (κ2) is 5.15. The molecule has 14 heavy (non-hydrogen) atoms. The van der Waals surface area contributed by atoms with E-state index >= 15 is 0 Å². The van der Waals surface area contributed by atoms with Crippen molar-refractivity contribution < 1.29 is 0 Å². The summed E-state index contributed by atoms with van der Waals surface area (Å²) in [5.41, 5.74) is 5.69. The number of rotatable bonds is 4. The lowest BCUT2D eigenvalue weighted by Gasteiger charge is -2.05. The van der Waals surface area contributed by atoms with Crippen LogP contribution in [0.3, 0.4) is 0 Å². The zero-order valence-electron chi connectivity index (χ0n) is 9.08. The van der Waals surface area contributed by atoms with Crippen LogP contribution in [0.5, 0.6) is 0 Å². The van der Waals surface area contributed by atoms with Gasteiger partial charge in [0.25, 0.3) is 0 Å². The fraction of sp³-hybridized carbons (Fsp3) is 0.545. The molecular weight excluding hydrogens is 192 g/mol. The summed E-state index contributed by atoms with van der Waals surface area (Å²) >= 11 is 1.84. The topological polar surface area (TPSA) is 38.4 Å². The summed E-state index contributed by atoms with van der Waals surface area (Å²) in [6.45, 7) is 6.26. The van der Waals surface area contributed by atoms with Crippen LogP contribution in [0.2, 0.25) is 0 Å². The Morgan fingerprint density at radius 2 is 2.29 bits per heavy atom. The van der Waals surface area contributed by atoms with Gasteiger partial charge in [-0.3, -0.25) is 4.99 Å². The molecule has 0 saturated carbocycles. The lowest BCUT2D eigenvalue weighted by atomic mass is 10.2. The van der Waals surface area contributed by atoms with Crippen molar-refractivity contribution in [3.63, 3.8) is 0 Å². The van der Waals surface area contributed by atoms with E-state index in [0.717, 1.165) is 18.7 Å². The molecule has 3 heteroatoms. The maximum absolute atomic E-state index is 5.69. The van der Waals surface area contributed by atoms with Gasteiger partial charge in [0, 0.05) is 22.6 Å². The molecule has 1 rings (SSSR count). The van der Waals surface area contributed by atoms with E-state index in [4.69, 9.17) is 5.73 Å². The third-order valence-corrected chi connectivity index (χ3v) is 3.06. The highest BCUT2D eigenvalue weighted by molar-refractivity contribution is 7.11. The number of hydrogen-bond donors (Lipinski definition) is 1. The molecule has 0 bridgehead atoms. The molecule has 0 aromatic carbocycles. The molecule has 0 fully saturated rings. The fourth-order valence-electron chi connectivity index (χ4n) is 1.31. The third kappa shape index (κ3) is 3.50. The van der Waals surface area contributed by atoms with Crippen molar-refractivity contribution in [2.24, 2.45) is 10.7 Å². The fourth-order valence-corrected chi connectivity index (χ4v) is 2.32. The van der Waals surface area contributed by atoms with Gasteiger partial charge in [-0.25, -0.2) is 0 Å². The lowest BCUT2D eigenvalue weighted by molar-refractivity contribution is 0.744. The van der Waals surface area contributed by atoms with Crippen molar-refractivity contribution >= 4 is 17.2 Å². The predicted molar refractivity (Wildman–Crippen MR) is 64.1 cm³/mol. The van der Waals surface area contributed by atoms with Gasteiger partial charge in [0.1, 0.15) is 0 Å². The Labute approximate surface area is 89.9 Å². The molecule has 1 aromatic heterocycles. The van der Waals surface area contributed by atoms with E-state index in [1.54, 1.807) is 0 Å². The van der Waals surface area contributed by atoms with Gasteiger partial charge in [-0.1, -0.05) is 6.92 Å². The average molecular weight is 210 g/mol. The zero-order valence-corrected chi connectivity index (χ0v) is 9.90. The van der Waals surface area contributed by atoms with Gasteiger partial charge < -0.3 is 5.73 Å². The van der Waals surface area contributed by atoms with Crippen LogP contribution in [0.25, 0.3) is 0 Å². The second-order valence-electron chi connectivity index (χ2n) is 3.54. The summed E-state index contributed by atoms with van der Waals surface area (Å²) in [5.74, 6) is 0.755. The number of amidine groups is 1. The van der Waals surface area contributed by atoms with Crippen molar-refractivity contribution in [2.45, 2.75) is 39.7 Å². The van der Waals surface area contributed by atoms with Gasteiger partial charge >= 0.3 is 0 Å². The highest BCUT2D eigenvalue weighted by Gasteiger charge is 2.03. The number of thiophene rings is 1. The minimum atomic E-state index is 0.299. The van der Waals surface area contributed by atoms with Crippen molar-refractivity contribution in [3.05, 3.63) is 21.9 Å². The summed E-state index contributed by atoms with van der Waals surface area (Å²) in [7, 11) is 0. The van der Waals surface area contributed by atoms with Gasteiger partial charge in [-0.15, -0.1) is 11.3 Å². The first-order valence-electron chi connectivity index (χ1n) is 4.99. The van der Waals surface area contributed by atoms with Crippen LogP contribution in [-0.2, 0) is 6.42 Å². The molecule has 0 radical (unpaired) electrons. The molecular formula is C11H18N2S. The van der Waals surface area contributed by atoms with E-state index in [1.807, 2.05) is 18.3 Å². The SMILES string of the molecule is CCC(N)=NC(C)Cc1ccc(C)s1. The molecule has 78 valence electrons. The molecule has 0 saturated heterocycles. The molecule has 2 N–H and O–H groups in total. The van der Waals surface area contributed by atoms with E-state index in [0.29, 0.717) is 6.04 Å². The molecule has 0 aliphatic rings. The van der Waals surface area contributed by atoms with Crippen molar-refractivity contribution in [1.82, 2.24) is 0 Å². The number of aryl methyl sites for hydroxylation is 1.